The van der Waals surface area contributed by atoms with E-state index in [2.05, 4.69) is 30.3 Å². The van der Waals surface area contributed by atoms with E-state index in [4.69, 9.17) is 5.11 Å². The van der Waals surface area contributed by atoms with E-state index in [1.54, 1.807) is 0 Å². The topological polar surface area (TPSA) is 54.4 Å². The Bertz CT molecular complexity index is 1210. The molecule has 0 aromatic heterocycles. The molecule has 0 amide bonds. The number of Topliss-reactive ketones (excluding diaryl/α,β-unsaturated/α-hetero) is 1. The highest BCUT2D eigenvalue weighted by Crippen LogP contribution is 2.29. The number of carbonyl (C=O) groups excluding carboxylic acids is 1. The predicted molar refractivity (Wildman–Crippen MR) is 128 cm³/mol. The zero-order chi connectivity index (χ0) is 22.2. The van der Waals surface area contributed by atoms with Gasteiger partial charge in [-0.05, 0) is 45.5 Å². The molecule has 3 heteroatoms. The van der Waals surface area contributed by atoms with Crippen LogP contribution in [0.2, 0.25) is 0 Å². The fourth-order valence-electron chi connectivity index (χ4n) is 3.87. The maximum Gasteiger partial charge on any atom is 0.303 e. The molecular formula is C28H28O3. The number of hydrogen-bond acceptors (Lipinski definition) is 2. The molecule has 4 aromatic rings. The summed E-state index contributed by atoms with van der Waals surface area (Å²) in [5.41, 5.74) is 3.26. The minimum Gasteiger partial charge on any atom is -0.481 e. The molecule has 0 bridgehead atoms. The molecule has 0 spiro atoms. The molecule has 4 aromatic carbocycles. The first kappa shape index (κ1) is 22.2. The van der Waals surface area contributed by atoms with Crippen LogP contribution >= 0.6 is 0 Å². The summed E-state index contributed by atoms with van der Waals surface area (Å²) in [5, 5.41) is 13.2. The van der Waals surface area contributed by atoms with Crippen molar-refractivity contribution in [2.24, 2.45) is 0 Å². The van der Waals surface area contributed by atoms with E-state index in [0.717, 1.165) is 22.9 Å². The molecule has 0 aliphatic heterocycles. The third-order valence-electron chi connectivity index (χ3n) is 5.36. The lowest BCUT2D eigenvalue weighted by molar-refractivity contribution is -0.136. The van der Waals surface area contributed by atoms with Gasteiger partial charge in [0, 0.05) is 18.4 Å². The Kier molecular flexibility index (Phi) is 7.55. The van der Waals surface area contributed by atoms with Crippen molar-refractivity contribution in [3.63, 3.8) is 0 Å². The van der Waals surface area contributed by atoms with E-state index in [-0.39, 0.29) is 6.42 Å². The SMILES string of the molecule is CC.O=C(O)CCc1ccc2ccccc2c1.O=C1CCc2ccc3ccccc3c21. The number of benzene rings is 4. The van der Waals surface area contributed by atoms with E-state index in [0.29, 0.717) is 18.6 Å². The maximum atomic E-state index is 11.7. The number of ketones is 1. The Morgan fingerprint density at radius 1 is 0.806 bits per heavy atom. The first-order valence-corrected chi connectivity index (χ1v) is 10.8. The highest BCUT2D eigenvalue weighted by molar-refractivity contribution is 6.11. The molecular weight excluding hydrogens is 384 g/mol. The number of aryl methyl sites for hydroxylation is 2. The van der Waals surface area contributed by atoms with Gasteiger partial charge in [-0.15, -0.1) is 0 Å². The maximum absolute atomic E-state index is 11.7. The lowest BCUT2D eigenvalue weighted by Crippen LogP contribution is -1.97. The number of rotatable bonds is 3. The van der Waals surface area contributed by atoms with Crippen molar-refractivity contribution in [3.05, 3.63) is 95.6 Å². The van der Waals surface area contributed by atoms with Gasteiger partial charge >= 0.3 is 5.97 Å². The molecule has 31 heavy (non-hydrogen) atoms. The molecule has 0 fully saturated rings. The molecule has 0 unspecified atom stereocenters. The summed E-state index contributed by atoms with van der Waals surface area (Å²) >= 11 is 0. The second-order valence-electron chi connectivity index (χ2n) is 7.32. The van der Waals surface area contributed by atoms with Gasteiger partial charge in [0.05, 0.1) is 0 Å². The average molecular weight is 413 g/mol. The van der Waals surface area contributed by atoms with Crippen molar-refractivity contribution < 1.29 is 14.7 Å². The Hall–Kier alpha value is -3.46. The van der Waals surface area contributed by atoms with E-state index in [9.17, 15) is 9.59 Å². The third-order valence-corrected chi connectivity index (χ3v) is 5.36. The highest BCUT2D eigenvalue weighted by Gasteiger charge is 2.21. The van der Waals surface area contributed by atoms with Crippen LogP contribution in [0.3, 0.4) is 0 Å². The minimum absolute atomic E-state index is 0.193. The smallest absolute Gasteiger partial charge is 0.303 e. The van der Waals surface area contributed by atoms with Crippen LogP contribution < -0.4 is 0 Å². The second-order valence-corrected chi connectivity index (χ2v) is 7.32. The minimum atomic E-state index is -0.747. The summed E-state index contributed by atoms with van der Waals surface area (Å²) in [6, 6.07) is 26.4. The van der Waals surface area contributed by atoms with Gasteiger partial charge in [0.15, 0.2) is 5.78 Å². The molecule has 1 aliphatic carbocycles. The van der Waals surface area contributed by atoms with Crippen LogP contribution in [0.5, 0.6) is 0 Å². The summed E-state index contributed by atoms with van der Waals surface area (Å²) in [7, 11) is 0. The van der Waals surface area contributed by atoms with Gasteiger partial charge in [0.1, 0.15) is 0 Å². The zero-order valence-corrected chi connectivity index (χ0v) is 18.1. The second kappa shape index (κ2) is 10.5. The van der Waals surface area contributed by atoms with E-state index < -0.39 is 5.97 Å². The Balaban J connectivity index is 0.000000163. The molecule has 1 N–H and O–H groups in total. The van der Waals surface area contributed by atoms with Crippen LogP contribution in [0.15, 0.2) is 78.9 Å². The van der Waals surface area contributed by atoms with E-state index >= 15 is 0 Å². The van der Waals surface area contributed by atoms with Crippen molar-refractivity contribution in [3.8, 4) is 0 Å². The number of hydrogen-bond donors (Lipinski definition) is 1. The van der Waals surface area contributed by atoms with Crippen molar-refractivity contribution in [1.82, 2.24) is 0 Å². The molecule has 0 atom stereocenters. The van der Waals surface area contributed by atoms with Gasteiger partial charge in [-0.2, -0.15) is 0 Å². The monoisotopic (exact) mass is 412 g/mol. The van der Waals surface area contributed by atoms with Crippen LogP contribution in [0.1, 0.15) is 48.2 Å². The van der Waals surface area contributed by atoms with Crippen LogP contribution in [-0.2, 0) is 17.6 Å². The number of fused-ring (bicyclic) bond motifs is 4. The average Bonchev–Trinajstić information content (AvgIpc) is 3.20. The number of carboxylic acid groups (broad SMARTS) is 1. The number of carbonyl (C=O) groups is 2. The highest BCUT2D eigenvalue weighted by atomic mass is 16.4. The lowest BCUT2D eigenvalue weighted by atomic mass is 10.0. The van der Waals surface area contributed by atoms with Crippen LogP contribution in [-0.4, -0.2) is 16.9 Å². The lowest BCUT2D eigenvalue weighted by Gasteiger charge is -2.03. The third kappa shape index (κ3) is 5.37. The van der Waals surface area contributed by atoms with Gasteiger partial charge in [-0.25, -0.2) is 0 Å². The molecule has 1 aliphatic rings. The quantitative estimate of drug-likeness (QED) is 0.400. The Labute approximate surface area is 183 Å². The van der Waals surface area contributed by atoms with Crippen LogP contribution in [0.4, 0.5) is 0 Å². The number of carboxylic acids is 1. The van der Waals surface area contributed by atoms with Crippen molar-refractivity contribution >= 4 is 33.3 Å². The first-order chi connectivity index (χ1) is 15.1. The molecule has 0 saturated carbocycles. The van der Waals surface area contributed by atoms with Crippen molar-refractivity contribution in [2.45, 2.75) is 39.5 Å². The largest absolute Gasteiger partial charge is 0.481 e. The normalized spacial score (nSPS) is 11.9. The van der Waals surface area contributed by atoms with Gasteiger partial charge in [-0.3, -0.25) is 9.59 Å². The zero-order valence-electron chi connectivity index (χ0n) is 18.1. The summed E-state index contributed by atoms with van der Waals surface area (Å²) < 4.78 is 0. The molecule has 0 heterocycles. The van der Waals surface area contributed by atoms with Crippen LogP contribution in [0.25, 0.3) is 21.5 Å². The fourth-order valence-corrected chi connectivity index (χ4v) is 3.87. The summed E-state index contributed by atoms with van der Waals surface area (Å²) in [6.07, 6.45) is 2.39. The molecule has 0 radical (unpaired) electrons. The molecule has 5 rings (SSSR count). The summed E-state index contributed by atoms with van der Waals surface area (Å²) in [4.78, 5) is 22.1. The molecule has 158 valence electrons. The van der Waals surface area contributed by atoms with E-state index in [1.165, 1.54) is 21.7 Å². The van der Waals surface area contributed by atoms with Gasteiger partial charge < -0.3 is 5.11 Å². The van der Waals surface area contributed by atoms with Crippen molar-refractivity contribution in [2.75, 3.05) is 0 Å². The first-order valence-electron chi connectivity index (χ1n) is 10.8. The Morgan fingerprint density at radius 2 is 1.45 bits per heavy atom. The fraction of sp³-hybridized carbons (Fsp3) is 0.214. The van der Waals surface area contributed by atoms with Crippen molar-refractivity contribution in [1.29, 1.82) is 0 Å². The summed E-state index contributed by atoms with van der Waals surface area (Å²) in [6.45, 7) is 4.00. The molecule has 0 saturated heterocycles. The Morgan fingerprint density at radius 3 is 2.19 bits per heavy atom. The van der Waals surface area contributed by atoms with E-state index in [1.807, 2.05) is 62.4 Å². The van der Waals surface area contributed by atoms with Gasteiger partial charge in [0.2, 0.25) is 0 Å². The predicted octanol–water partition coefficient (Wildman–Crippen LogP) is 6.85. The summed E-state index contributed by atoms with van der Waals surface area (Å²) in [5.74, 6) is -0.444. The van der Waals surface area contributed by atoms with Gasteiger partial charge in [0.25, 0.3) is 0 Å². The molecule has 3 nitrogen and oxygen atoms in total. The van der Waals surface area contributed by atoms with Gasteiger partial charge in [-0.1, -0.05) is 92.7 Å². The van der Waals surface area contributed by atoms with Crippen LogP contribution in [0, 0.1) is 0 Å². The number of aliphatic carboxylic acids is 1. The standard InChI is InChI=1S/C13H12O2.C13H10O.C2H6/c14-13(15)8-6-10-5-7-11-3-1-2-4-12(11)9-10;14-12-8-7-10-6-5-9-3-1-2-4-11(9)13(10)12;1-2/h1-5,7,9H,6,8H2,(H,14,15);1-6H,7-8H2;1-2H3.